The van der Waals surface area contributed by atoms with Crippen molar-refractivity contribution in [1.82, 2.24) is 4.90 Å². The monoisotopic (exact) mass is 573 g/mol. The number of hydrogen-bond donors (Lipinski definition) is 0. The van der Waals surface area contributed by atoms with Crippen LogP contribution in [-0.4, -0.2) is 41.8 Å². The molecular formula is C27H28BrNO6S. The molecule has 1 heterocycles. The second kappa shape index (κ2) is 12.8. The second-order valence-electron chi connectivity index (χ2n) is 8.10. The molecule has 9 heteroatoms. The summed E-state index contributed by atoms with van der Waals surface area (Å²) in [6.45, 7) is 7.40. The van der Waals surface area contributed by atoms with Gasteiger partial charge >= 0.3 is 5.97 Å². The Morgan fingerprint density at radius 1 is 1.22 bits per heavy atom. The molecule has 2 aromatic carbocycles. The zero-order valence-corrected chi connectivity index (χ0v) is 22.8. The highest BCUT2D eigenvalue weighted by Gasteiger charge is 2.37. The predicted molar refractivity (Wildman–Crippen MR) is 144 cm³/mol. The third kappa shape index (κ3) is 7.01. The van der Waals surface area contributed by atoms with Crippen molar-refractivity contribution in [3.63, 3.8) is 0 Å². The highest BCUT2D eigenvalue weighted by Crippen LogP contribution is 2.37. The molecular weight excluding hydrogens is 546 g/mol. The molecule has 0 N–H and O–H groups in total. The molecule has 190 valence electrons. The van der Waals surface area contributed by atoms with Crippen LogP contribution >= 0.6 is 27.7 Å². The van der Waals surface area contributed by atoms with Crippen LogP contribution in [0.25, 0.3) is 6.08 Å². The Hall–Kier alpha value is -3.04. The zero-order valence-electron chi connectivity index (χ0n) is 20.4. The van der Waals surface area contributed by atoms with E-state index in [1.165, 1.54) is 0 Å². The third-order valence-electron chi connectivity index (χ3n) is 5.40. The normalized spacial score (nSPS) is 15.2. The van der Waals surface area contributed by atoms with Crippen molar-refractivity contribution in [2.45, 2.75) is 39.4 Å². The van der Waals surface area contributed by atoms with Gasteiger partial charge in [0.25, 0.3) is 11.1 Å². The first kappa shape index (κ1) is 27.5. The average molecular weight is 574 g/mol. The highest BCUT2D eigenvalue weighted by molar-refractivity contribution is 9.10. The Morgan fingerprint density at radius 3 is 2.58 bits per heavy atom. The average Bonchev–Trinajstić information content (AvgIpc) is 3.11. The number of esters is 1. The summed E-state index contributed by atoms with van der Waals surface area (Å²) < 4.78 is 17.9. The molecule has 1 aliphatic heterocycles. The summed E-state index contributed by atoms with van der Waals surface area (Å²) in [5.41, 5.74) is 2.48. The Morgan fingerprint density at radius 2 is 1.94 bits per heavy atom. The Bertz CT molecular complexity index is 1180. The van der Waals surface area contributed by atoms with Crippen molar-refractivity contribution >= 4 is 50.9 Å². The van der Waals surface area contributed by atoms with Crippen LogP contribution in [0.2, 0.25) is 0 Å². The number of imide groups is 1. The van der Waals surface area contributed by atoms with E-state index in [2.05, 4.69) is 22.5 Å². The minimum absolute atomic E-state index is 0.214. The lowest BCUT2D eigenvalue weighted by atomic mass is 10.0. The van der Waals surface area contributed by atoms with Gasteiger partial charge in [-0.1, -0.05) is 41.1 Å². The van der Waals surface area contributed by atoms with Crippen LogP contribution in [0, 0.1) is 0 Å². The Labute approximate surface area is 223 Å². The van der Waals surface area contributed by atoms with Gasteiger partial charge in [-0.15, -0.1) is 6.58 Å². The molecule has 1 fully saturated rings. The van der Waals surface area contributed by atoms with Gasteiger partial charge in [0.1, 0.15) is 13.2 Å². The first-order valence-electron chi connectivity index (χ1n) is 11.4. The van der Waals surface area contributed by atoms with E-state index in [0.717, 1.165) is 32.3 Å². The smallest absolute Gasteiger partial charge is 0.326 e. The number of nitrogens with zero attached hydrogens (tertiary/aromatic N) is 1. The molecule has 0 saturated carbocycles. The fourth-order valence-electron chi connectivity index (χ4n) is 3.39. The molecule has 0 spiro atoms. The van der Waals surface area contributed by atoms with E-state index >= 15 is 0 Å². The first-order chi connectivity index (χ1) is 17.2. The van der Waals surface area contributed by atoms with Crippen LogP contribution in [0.3, 0.4) is 0 Å². The third-order valence-corrected chi connectivity index (χ3v) is 6.84. The van der Waals surface area contributed by atoms with Gasteiger partial charge in [0.2, 0.25) is 0 Å². The van der Waals surface area contributed by atoms with E-state index in [1.807, 2.05) is 37.3 Å². The highest BCUT2D eigenvalue weighted by atomic mass is 79.9. The maximum Gasteiger partial charge on any atom is 0.326 e. The number of carbonyl (C=O) groups is 3. The van der Waals surface area contributed by atoms with Crippen molar-refractivity contribution in [3.05, 3.63) is 75.1 Å². The van der Waals surface area contributed by atoms with E-state index in [1.54, 1.807) is 32.3 Å². The molecule has 2 aromatic rings. The van der Waals surface area contributed by atoms with Gasteiger partial charge in [-0.2, -0.15) is 0 Å². The number of amides is 2. The Balaban J connectivity index is 1.83. The molecule has 1 aliphatic rings. The first-order valence-corrected chi connectivity index (χ1v) is 13.0. The number of hydrogen-bond acceptors (Lipinski definition) is 7. The molecule has 1 atom stereocenters. The van der Waals surface area contributed by atoms with Crippen molar-refractivity contribution in [3.8, 4) is 11.5 Å². The van der Waals surface area contributed by atoms with Gasteiger partial charge in [0, 0.05) is 10.0 Å². The Kier molecular flexibility index (Phi) is 9.78. The van der Waals surface area contributed by atoms with Crippen molar-refractivity contribution < 1.29 is 28.6 Å². The minimum atomic E-state index is -0.616. The van der Waals surface area contributed by atoms with E-state index in [-0.39, 0.29) is 11.0 Å². The number of methoxy groups -OCH3 is 1. The molecule has 0 unspecified atom stereocenters. The van der Waals surface area contributed by atoms with Gasteiger partial charge in [0.15, 0.2) is 11.5 Å². The lowest BCUT2D eigenvalue weighted by Gasteiger charge is -2.16. The van der Waals surface area contributed by atoms with Crippen LogP contribution in [-0.2, 0) is 27.4 Å². The molecule has 7 nitrogen and oxygen atoms in total. The summed E-state index contributed by atoms with van der Waals surface area (Å²) in [5, 5.41) is -0.514. The van der Waals surface area contributed by atoms with Gasteiger partial charge in [-0.05, 0) is 73.0 Å². The van der Waals surface area contributed by atoms with Crippen LogP contribution < -0.4 is 9.47 Å². The molecule has 3 rings (SSSR count). The fraction of sp³-hybridized carbons (Fsp3) is 0.296. The van der Waals surface area contributed by atoms with Gasteiger partial charge < -0.3 is 14.2 Å². The summed E-state index contributed by atoms with van der Waals surface area (Å²) in [6.07, 6.45) is 4.23. The number of carbonyl (C=O) groups excluding carboxylic acids is 3. The fourth-order valence-corrected chi connectivity index (χ4v) is 4.49. The maximum absolute atomic E-state index is 12.9. The summed E-state index contributed by atoms with van der Waals surface area (Å²) >= 11 is 4.21. The number of benzene rings is 2. The molecule has 0 radical (unpaired) electrons. The standard InChI is InChI=1S/C27H28BrNO6S/c1-5-7-20-12-19(13-22(33-4)25(20)34-16-18-8-10-21(28)11-9-18)14-23-26(31)29(27(32)36-23)15-24(30)35-17(3)6-2/h5,8-14,17H,1,6-7,15-16H2,2-4H3/b23-14-/t17-/m0/s1. The predicted octanol–water partition coefficient (Wildman–Crippen LogP) is 6.14. The van der Waals surface area contributed by atoms with E-state index in [0.29, 0.717) is 36.5 Å². The van der Waals surface area contributed by atoms with Gasteiger partial charge in [0.05, 0.1) is 18.1 Å². The molecule has 36 heavy (non-hydrogen) atoms. The van der Waals surface area contributed by atoms with E-state index in [4.69, 9.17) is 14.2 Å². The second-order valence-corrected chi connectivity index (χ2v) is 10.0. The number of rotatable bonds is 11. The van der Waals surface area contributed by atoms with Crippen LogP contribution in [0.5, 0.6) is 11.5 Å². The quantitative estimate of drug-likeness (QED) is 0.181. The lowest BCUT2D eigenvalue weighted by molar-refractivity contribution is -0.150. The molecule has 2 amide bonds. The van der Waals surface area contributed by atoms with Crippen molar-refractivity contribution in [2.24, 2.45) is 0 Å². The summed E-state index contributed by atoms with van der Waals surface area (Å²) in [4.78, 5) is 38.5. The summed E-state index contributed by atoms with van der Waals surface area (Å²) in [5.74, 6) is -0.0755. The molecule has 1 saturated heterocycles. The number of thioether (sulfide) groups is 1. The van der Waals surface area contributed by atoms with Gasteiger partial charge in [-0.3, -0.25) is 19.3 Å². The molecule has 0 aromatic heterocycles. The van der Waals surface area contributed by atoms with Crippen molar-refractivity contribution in [1.29, 1.82) is 0 Å². The molecule has 0 bridgehead atoms. The number of ether oxygens (including phenoxy) is 3. The maximum atomic E-state index is 12.9. The topological polar surface area (TPSA) is 82.1 Å². The number of allylic oxidation sites excluding steroid dienone is 1. The van der Waals surface area contributed by atoms with Crippen LogP contribution in [0.4, 0.5) is 4.79 Å². The largest absolute Gasteiger partial charge is 0.493 e. The summed E-state index contributed by atoms with van der Waals surface area (Å²) in [7, 11) is 1.54. The van der Waals surface area contributed by atoms with Crippen molar-refractivity contribution in [2.75, 3.05) is 13.7 Å². The van der Waals surface area contributed by atoms with E-state index in [9.17, 15) is 14.4 Å². The lowest BCUT2D eigenvalue weighted by Crippen LogP contribution is -2.35. The van der Waals surface area contributed by atoms with E-state index < -0.39 is 23.7 Å². The van der Waals surface area contributed by atoms with Crippen LogP contribution in [0.15, 0.2) is 58.4 Å². The zero-order chi connectivity index (χ0) is 26.2. The minimum Gasteiger partial charge on any atom is -0.493 e. The summed E-state index contributed by atoms with van der Waals surface area (Å²) in [6, 6.07) is 11.4. The SMILES string of the molecule is C=CCc1cc(/C=C2\SC(=O)N(CC(=O)O[C@@H](C)CC)C2=O)cc(OC)c1OCc1ccc(Br)cc1. The molecule has 0 aliphatic carbocycles. The van der Waals surface area contributed by atoms with Gasteiger partial charge in [-0.25, -0.2) is 0 Å². The van der Waals surface area contributed by atoms with Crippen LogP contribution in [0.1, 0.15) is 37.0 Å². The number of halogens is 1.